The number of amides is 1. The van der Waals surface area contributed by atoms with E-state index >= 15 is 0 Å². The summed E-state index contributed by atoms with van der Waals surface area (Å²) in [5.74, 6) is 0.404. The van der Waals surface area contributed by atoms with Crippen LogP contribution in [0.25, 0.3) is 11.0 Å². The van der Waals surface area contributed by atoms with Crippen molar-refractivity contribution < 1.29 is 4.79 Å². The maximum Gasteiger partial charge on any atom is 0.227 e. The van der Waals surface area contributed by atoms with Crippen LogP contribution in [0.5, 0.6) is 0 Å². The Labute approximate surface area is 98.6 Å². The van der Waals surface area contributed by atoms with Crippen molar-refractivity contribution >= 4 is 22.6 Å². The number of anilines is 1. The van der Waals surface area contributed by atoms with Gasteiger partial charge in [0.1, 0.15) is 5.65 Å². The minimum Gasteiger partial charge on any atom is -0.346 e. The molecule has 1 aliphatic heterocycles. The van der Waals surface area contributed by atoms with Gasteiger partial charge in [-0.1, -0.05) is 0 Å². The number of rotatable bonds is 2. The van der Waals surface area contributed by atoms with E-state index in [9.17, 15) is 4.79 Å². The Morgan fingerprint density at radius 3 is 3.24 bits per heavy atom. The first-order valence-corrected chi connectivity index (χ1v) is 5.71. The quantitative estimate of drug-likeness (QED) is 0.804. The van der Waals surface area contributed by atoms with E-state index in [2.05, 4.69) is 9.97 Å². The maximum absolute atomic E-state index is 11.9. The Morgan fingerprint density at radius 2 is 2.47 bits per heavy atom. The third-order valence-electron chi connectivity index (χ3n) is 3.24. The predicted molar refractivity (Wildman–Crippen MR) is 65.6 cm³/mol. The number of nitrogens with one attached hydrogen (secondary N) is 1. The third-order valence-corrected chi connectivity index (χ3v) is 3.24. The first kappa shape index (κ1) is 10.3. The molecule has 1 atom stereocenters. The highest BCUT2D eigenvalue weighted by Crippen LogP contribution is 2.26. The first-order chi connectivity index (χ1) is 8.28. The molecule has 1 unspecified atom stereocenters. The molecular weight excluding hydrogens is 216 g/mol. The second-order valence-electron chi connectivity index (χ2n) is 4.42. The number of pyridine rings is 1. The topological polar surface area (TPSA) is 75.0 Å². The standard InChI is InChI=1S/C12H14N4O/c13-5-8-3-11(17)16(7-8)10-4-9-1-2-14-12(9)15-6-10/h1-2,4,6,8H,3,5,7,13H2,(H,14,15). The number of hydrogen-bond acceptors (Lipinski definition) is 3. The summed E-state index contributed by atoms with van der Waals surface area (Å²) in [7, 11) is 0. The molecule has 2 aromatic heterocycles. The van der Waals surface area contributed by atoms with Gasteiger partial charge in [0.2, 0.25) is 5.91 Å². The van der Waals surface area contributed by atoms with Crippen LogP contribution in [0.3, 0.4) is 0 Å². The van der Waals surface area contributed by atoms with Gasteiger partial charge in [0.05, 0.1) is 11.9 Å². The largest absolute Gasteiger partial charge is 0.346 e. The predicted octanol–water partition coefficient (Wildman–Crippen LogP) is 0.874. The smallest absolute Gasteiger partial charge is 0.227 e. The Balaban J connectivity index is 1.95. The van der Waals surface area contributed by atoms with Crippen molar-refractivity contribution in [3.8, 4) is 0 Å². The minimum atomic E-state index is 0.136. The van der Waals surface area contributed by atoms with Gasteiger partial charge in [0.25, 0.3) is 0 Å². The van der Waals surface area contributed by atoms with Crippen LogP contribution < -0.4 is 10.6 Å². The molecule has 0 radical (unpaired) electrons. The average Bonchev–Trinajstić information content (AvgIpc) is 2.93. The van der Waals surface area contributed by atoms with Gasteiger partial charge in [-0.05, 0) is 24.6 Å². The number of H-pyrrole nitrogens is 1. The van der Waals surface area contributed by atoms with Crippen molar-refractivity contribution in [2.24, 2.45) is 11.7 Å². The normalized spacial score (nSPS) is 20.4. The second kappa shape index (κ2) is 3.85. The van der Waals surface area contributed by atoms with E-state index < -0.39 is 0 Å². The molecule has 0 aromatic carbocycles. The number of aromatic nitrogens is 2. The molecule has 5 nitrogen and oxygen atoms in total. The second-order valence-corrected chi connectivity index (χ2v) is 4.42. The zero-order valence-electron chi connectivity index (χ0n) is 9.39. The fourth-order valence-corrected chi connectivity index (χ4v) is 2.26. The zero-order valence-corrected chi connectivity index (χ0v) is 9.39. The molecule has 0 spiro atoms. The lowest BCUT2D eigenvalue weighted by atomic mass is 10.1. The maximum atomic E-state index is 11.9. The zero-order chi connectivity index (χ0) is 11.8. The summed E-state index contributed by atoms with van der Waals surface area (Å²) in [5, 5.41) is 1.02. The van der Waals surface area contributed by atoms with Crippen LogP contribution in [-0.2, 0) is 4.79 Å². The molecule has 2 aromatic rings. The van der Waals surface area contributed by atoms with E-state index in [0.29, 0.717) is 19.5 Å². The Hall–Kier alpha value is -1.88. The molecule has 3 heterocycles. The molecule has 5 heteroatoms. The van der Waals surface area contributed by atoms with Crippen molar-refractivity contribution in [2.75, 3.05) is 18.0 Å². The Kier molecular flexibility index (Phi) is 2.33. The van der Waals surface area contributed by atoms with Gasteiger partial charge in [0, 0.05) is 24.5 Å². The van der Waals surface area contributed by atoms with E-state index in [0.717, 1.165) is 16.7 Å². The lowest BCUT2D eigenvalue weighted by molar-refractivity contribution is -0.117. The van der Waals surface area contributed by atoms with Crippen LogP contribution in [0.15, 0.2) is 24.5 Å². The number of fused-ring (bicyclic) bond motifs is 1. The molecular formula is C12H14N4O. The number of carbonyl (C=O) groups is 1. The van der Waals surface area contributed by atoms with E-state index in [1.54, 1.807) is 11.1 Å². The summed E-state index contributed by atoms with van der Waals surface area (Å²) in [6, 6.07) is 3.93. The van der Waals surface area contributed by atoms with Gasteiger partial charge in [-0.25, -0.2) is 4.98 Å². The Bertz CT molecular complexity index is 562. The van der Waals surface area contributed by atoms with Gasteiger partial charge >= 0.3 is 0 Å². The van der Waals surface area contributed by atoms with Crippen molar-refractivity contribution in [3.63, 3.8) is 0 Å². The summed E-state index contributed by atoms with van der Waals surface area (Å²) >= 11 is 0. The summed E-state index contributed by atoms with van der Waals surface area (Å²) in [5.41, 5.74) is 7.31. The van der Waals surface area contributed by atoms with Gasteiger partial charge < -0.3 is 15.6 Å². The molecule has 0 aliphatic carbocycles. The molecule has 1 fully saturated rings. The van der Waals surface area contributed by atoms with Crippen molar-refractivity contribution in [2.45, 2.75) is 6.42 Å². The summed E-state index contributed by atoms with van der Waals surface area (Å²) in [6.45, 7) is 1.26. The van der Waals surface area contributed by atoms with Crippen molar-refractivity contribution in [3.05, 3.63) is 24.5 Å². The van der Waals surface area contributed by atoms with Crippen molar-refractivity contribution in [1.82, 2.24) is 9.97 Å². The Morgan fingerprint density at radius 1 is 1.59 bits per heavy atom. The van der Waals surface area contributed by atoms with Crippen molar-refractivity contribution in [1.29, 1.82) is 0 Å². The van der Waals surface area contributed by atoms with Crippen LogP contribution in [0.4, 0.5) is 5.69 Å². The lowest BCUT2D eigenvalue weighted by Gasteiger charge is -2.15. The van der Waals surface area contributed by atoms with Crippen LogP contribution in [0, 0.1) is 5.92 Å². The van der Waals surface area contributed by atoms with Gasteiger partial charge in [0.15, 0.2) is 0 Å². The SMILES string of the molecule is NCC1CC(=O)N(c2cnc3[nH]ccc3c2)C1. The number of hydrogen-bond donors (Lipinski definition) is 2. The highest BCUT2D eigenvalue weighted by atomic mass is 16.2. The van der Waals surface area contributed by atoms with Crippen LogP contribution >= 0.6 is 0 Å². The van der Waals surface area contributed by atoms with E-state index in [-0.39, 0.29) is 11.8 Å². The fraction of sp³-hybridized carbons (Fsp3) is 0.333. The molecule has 3 N–H and O–H groups in total. The number of aromatic amines is 1. The van der Waals surface area contributed by atoms with E-state index in [4.69, 9.17) is 5.73 Å². The van der Waals surface area contributed by atoms with Crippen LogP contribution in [0.1, 0.15) is 6.42 Å². The highest BCUT2D eigenvalue weighted by Gasteiger charge is 2.29. The number of carbonyl (C=O) groups excluding carboxylic acids is 1. The molecule has 17 heavy (non-hydrogen) atoms. The van der Waals surface area contributed by atoms with Gasteiger partial charge in [-0.15, -0.1) is 0 Å². The lowest BCUT2D eigenvalue weighted by Crippen LogP contribution is -2.25. The average molecular weight is 230 g/mol. The summed E-state index contributed by atoms with van der Waals surface area (Å²) in [4.78, 5) is 21.0. The number of nitrogens with two attached hydrogens (primary N) is 1. The third kappa shape index (κ3) is 1.68. The van der Waals surface area contributed by atoms with Gasteiger partial charge in [-0.3, -0.25) is 4.79 Å². The summed E-state index contributed by atoms with van der Waals surface area (Å²) in [6.07, 6.45) is 4.12. The molecule has 0 bridgehead atoms. The van der Waals surface area contributed by atoms with Gasteiger partial charge in [-0.2, -0.15) is 0 Å². The number of nitrogens with zero attached hydrogens (tertiary/aromatic N) is 2. The molecule has 0 saturated carbocycles. The van der Waals surface area contributed by atoms with Crippen LogP contribution in [0.2, 0.25) is 0 Å². The highest BCUT2D eigenvalue weighted by molar-refractivity contribution is 5.97. The molecule has 88 valence electrons. The minimum absolute atomic E-state index is 0.136. The molecule has 1 saturated heterocycles. The molecule has 1 amide bonds. The summed E-state index contributed by atoms with van der Waals surface area (Å²) < 4.78 is 0. The van der Waals surface area contributed by atoms with E-state index in [1.165, 1.54) is 0 Å². The first-order valence-electron chi connectivity index (χ1n) is 5.71. The molecule has 1 aliphatic rings. The molecule has 3 rings (SSSR count). The van der Waals surface area contributed by atoms with Crippen LogP contribution in [-0.4, -0.2) is 29.0 Å². The van der Waals surface area contributed by atoms with E-state index in [1.807, 2.05) is 18.3 Å². The monoisotopic (exact) mass is 230 g/mol. The fourth-order valence-electron chi connectivity index (χ4n) is 2.26.